The number of nitriles is 1. The average Bonchev–Trinajstić information content (AvgIpc) is 2.67. The largest absolute Gasteiger partial charge is 0.381 e. The number of nitrogens with one attached hydrogen (secondary N) is 1. The van der Waals surface area contributed by atoms with Crippen LogP contribution in [0.25, 0.3) is 0 Å². The van der Waals surface area contributed by atoms with Gasteiger partial charge in [-0.2, -0.15) is 5.26 Å². The van der Waals surface area contributed by atoms with E-state index < -0.39 is 0 Å². The third-order valence-corrected chi connectivity index (χ3v) is 4.39. The first-order valence-electron chi connectivity index (χ1n) is 5.77. The van der Waals surface area contributed by atoms with Crippen LogP contribution >= 0.6 is 27.5 Å². The molecule has 0 saturated heterocycles. The molecule has 0 atom stereocenters. The third kappa shape index (κ3) is 2.94. The lowest BCUT2D eigenvalue weighted by Crippen LogP contribution is -2.01. The molecule has 2 aromatic rings. The zero-order valence-electron chi connectivity index (χ0n) is 10.7. The highest BCUT2D eigenvalue weighted by Gasteiger charge is 2.08. The Morgan fingerprint density at radius 2 is 2.16 bits per heavy atom. The second-order valence-electron chi connectivity index (χ2n) is 4.29. The van der Waals surface area contributed by atoms with E-state index >= 15 is 0 Å². The van der Waals surface area contributed by atoms with Crippen LogP contribution < -0.4 is 5.32 Å². The fraction of sp³-hybridized carbons (Fsp3) is 0.214. The van der Waals surface area contributed by atoms with Gasteiger partial charge in [0.1, 0.15) is 11.8 Å². The number of benzene rings is 1. The molecule has 0 radical (unpaired) electrons. The molecule has 0 fully saturated rings. The van der Waals surface area contributed by atoms with Gasteiger partial charge >= 0.3 is 0 Å². The van der Waals surface area contributed by atoms with Crippen LogP contribution in [0, 0.1) is 18.3 Å². The molecule has 0 aliphatic rings. The Bertz CT molecular complexity index is 655. The number of aromatic nitrogens is 1. The molecule has 1 heterocycles. The van der Waals surface area contributed by atoms with Crippen molar-refractivity contribution < 1.29 is 0 Å². The normalized spacial score (nSPS) is 10.3. The van der Waals surface area contributed by atoms with Crippen molar-refractivity contribution in [1.29, 1.82) is 5.26 Å². The lowest BCUT2D eigenvalue weighted by atomic mass is 10.2. The smallest absolute Gasteiger partial charge is 0.120 e. The number of anilines is 1. The molecule has 0 unspecified atom stereocenters. The standard InChI is InChI=1S/C14H13BrClN3/c1-9-10(5-12(7-17)19(9)2)8-18-11-3-4-13(15)14(16)6-11/h3-6,18H,8H2,1-2H3. The minimum atomic E-state index is 0.666. The molecular weight excluding hydrogens is 326 g/mol. The zero-order valence-corrected chi connectivity index (χ0v) is 13.0. The minimum Gasteiger partial charge on any atom is -0.381 e. The quantitative estimate of drug-likeness (QED) is 0.909. The molecule has 1 aromatic heterocycles. The molecule has 0 amide bonds. The van der Waals surface area contributed by atoms with Crippen LogP contribution in [0.5, 0.6) is 0 Å². The zero-order chi connectivity index (χ0) is 14.0. The van der Waals surface area contributed by atoms with Crippen molar-refractivity contribution in [3.05, 3.63) is 50.7 Å². The Kier molecular flexibility index (Phi) is 4.18. The van der Waals surface area contributed by atoms with E-state index in [1.807, 2.05) is 42.8 Å². The van der Waals surface area contributed by atoms with Crippen molar-refractivity contribution in [2.24, 2.45) is 7.05 Å². The Morgan fingerprint density at radius 3 is 2.74 bits per heavy atom. The average molecular weight is 339 g/mol. The predicted octanol–water partition coefficient (Wildman–Crippen LogP) is 4.23. The molecule has 5 heteroatoms. The van der Waals surface area contributed by atoms with Crippen LogP contribution in [0.4, 0.5) is 5.69 Å². The molecule has 98 valence electrons. The summed E-state index contributed by atoms with van der Waals surface area (Å²) < 4.78 is 2.77. The van der Waals surface area contributed by atoms with Gasteiger partial charge in [-0.05, 0) is 52.7 Å². The maximum absolute atomic E-state index is 8.99. The Morgan fingerprint density at radius 1 is 1.42 bits per heavy atom. The summed E-state index contributed by atoms with van der Waals surface area (Å²) in [4.78, 5) is 0. The van der Waals surface area contributed by atoms with Crippen molar-refractivity contribution in [1.82, 2.24) is 4.57 Å². The molecule has 0 aliphatic heterocycles. The van der Waals surface area contributed by atoms with E-state index in [9.17, 15) is 0 Å². The fourth-order valence-corrected chi connectivity index (χ4v) is 2.28. The van der Waals surface area contributed by atoms with E-state index in [0.29, 0.717) is 17.3 Å². The molecule has 1 N–H and O–H groups in total. The summed E-state index contributed by atoms with van der Waals surface area (Å²) in [6.07, 6.45) is 0. The number of hydrogen-bond acceptors (Lipinski definition) is 2. The molecular formula is C14H13BrClN3. The third-order valence-electron chi connectivity index (χ3n) is 3.16. The van der Waals surface area contributed by atoms with Crippen LogP contribution in [-0.2, 0) is 13.6 Å². The first-order chi connectivity index (χ1) is 9.02. The lowest BCUT2D eigenvalue weighted by Gasteiger charge is -2.08. The van der Waals surface area contributed by atoms with E-state index in [-0.39, 0.29) is 0 Å². The van der Waals surface area contributed by atoms with Gasteiger partial charge in [0.15, 0.2) is 0 Å². The highest BCUT2D eigenvalue weighted by molar-refractivity contribution is 9.10. The van der Waals surface area contributed by atoms with E-state index in [0.717, 1.165) is 21.4 Å². The first-order valence-corrected chi connectivity index (χ1v) is 6.94. The molecule has 2 rings (SSSR count). The first kappa shape index (κ1) is 14.0. The molecule has 0 saturated carbocycles. The van der Waals surface area contributed by atoms with Crippen LogP contribution in [-0.4, -0.2) is 4.57 Å². The Hall–Kier alpha value is -1.44. The van der Waals surface area contributed by atoms with Crippen LogP contribution in [0.2, 0.25) is 5.02 Å². The van der Waals surface area contributed by atoms with Gasteiger partial charge in [-0.3, -0.25) is 0 Å². The number of rotatable bonds is 3. The maximum Gasteiger partial charge on any atom is 0.120 e. The second-order valence-corrected chi connectivity index (χ2v) is 5.56. The van der Waals surface area contributed by atoms with Crippen molar-refractivity contribution in [2.75, 3.05) is 5.32 Å². The lowest BCUT2D eigenvalue weighted by molar-refractivity contribution is 0.856. The highest BCUT2D eigenvalue weighted by atomic mass is 79.9. The van der Waals surface area contributed by atoms with Gasteiger partial charge in [0, 0.05) is 29.4 Å². The molecule has 1 aromatic carbocycles. The summed E-state index contributed by atoms with van der Waals surface area (Å²) in [5.41, 5.74) is 3.82. The van der Waals surface area contributed by atoms with Crippen LogP contribution in [0.15, 0.2) is 28.7 Å². The topological polar surface area (TPSA) is 40.8 Å². The van der Waals surface area contributed by atoms with Crippen molar-refractivity contribution >= 4 is 33.2 Å². The number of hydrogen-bond donors (Lipinski definition) is 1. The van der Waals surface area contributed by atoms with Gasteiger partial charge < -0.3 is 9.88 Å². The van der Waals surface area contributed by atoms with E-state index in [4.69, 9.17) is 16.9 Å². The minimum absolute atomic E-state index is 0.666. The summed E-state index contributed by atoms with van der Waals surface area (Å²) in [5.74, 6) is 0. The van der Waals surface area contributed by atoms with Gasteiger partial charge in [0.2, 0.25) is 0 Å². The molecule has 0 spiro atoms. The van der Waals surface area contributed by atoms with Crippen molar-refractivity contribution in [2.45, 2.75) is 13.5 Å². The number of halogens is 2. The fourth-order valence-electron chi connectivity index (χ4n) is 1.85. The monoisotopic (exact) mass is 337 g/mol. The van der Waals surface area contributed by atoms with Gasteiger partial charge in [-0.25, -0.2) is 0 Å². The highest BCUT2D eigenvalue weighted by Crippen LogP contribution is 2.26. The van der Waals surface area contributed by atoms with Crippen LogP contribution in [0.1, 0.15) is 17.0 Å². The van der Waals surface area contributed by atoms with Crippen molar-refractivity contribution in [3.8, 4) is 6.07 Å². The molecule has 3 nitrogen and oxygen atoms in total. The van der Waals surface area contributed by atoms with Crippen molar-refractivity contribution in [3.63, 3.8) is 0 Å². The van der Waals surface area contributed by atoms with Gasteiger partial charge in [-0.1, -0.05) is 11.6 Å². The summed E-state index contributed by atoms with van der Waals surface area (Å²) >= 11 is 9.40. The summed E-state index contributed by atoms with van der Waals surface area (Å²) in [5, 5.41) is 13.0. The maximum atomic E-state index is 8.99. The van der Waals surface area contributed by atoms with Gasteiger partial charge in [0.05, 0.1) is 5.02 Å². The predicted molar refractivity (Wildman–Crippen MR) is 81.3 cm³/mol. The Balaban J connectivity index is 2.15. The molecule has 0 aliphatic carbocycles. The van der Waals surface area contributed by atoms with Gasteiger partial charge in [-0.15, -0.1) is 0 Å². The summed E-state index contributed by atoms with van der Waals surface area (Å²) in [6, 6.07) is 9.82. The van der Waals surface area contributed by atoms with Crippen LogP contribution in [0.3, 0.4) is 0 Å². The second kappa shape index (κ2) is 5.68. The van der Waals surface area contributed by atoms with E-state index in [2.05, 4.69) is 27.3 Å². The molecule has 0 bridgehead atoms. The van der Waals surface area contributed by atoms with Gasteiger partial charge in [0.25, 0.3) is 0 Å². The number of nitrogens with zero attached hydrogens (tertiary/aromatic N) is 2. The summed E-state index contributed by atoms with van der Waals surface area (Å²) in [6.45, 7) is 2.67. The molecule has 19 heavy (non-hydrogen) atoms. The summed E-state index contributed by atoms with van der Waals surface area (Å²) in [7, 11) is 1.90. The van der Waals surface area contributed by atoms with E-state index in [1.165, 1.54) is 0 Å². The Labute approximate surface area is 125 Å². The SMILES string of the molecule is Cc1c(CNc2ccc(Br)c(Cl)c2)cc(C#N)n1C. The van der Waals surface area contributed by atoms with E-state index in [1.54, 1.807) is 0 Å².